The third kappa shape index (κ3) is 2.43. The number of hydrogen-bond donors (Lipinski definition) is 0. The fourth-order valence-corrected chi connectivity index (χ4v) is 2.05. The zero-order chi connectivity index (χ0) is 13.6. The molecule has 0 spiro atoms. The number of nitrogens with zero attached hydrogens (tertiary/aromatic N) is 2. The van der Waals surface area contributed by atoms with Gasteiger partial charge in [-0.1, -0.05) is 0 Å². The first kappa shape index (κ1) is 13.5. The number of carbonyl (C=O) groups excluding carboxylic acids is 1. The van der Waals surface area contributed by atoms with E-state index in [9.17, 15) is 26.7 Å². The Morgan fingerprint density at radius 1 is 0.944 bits per heavy atom. The van der Waals surface area contributed by atoms with Gasteiger partial charge in [0.1, 0.15) is 0 Å². The van der Waals surface area contributed by atoms with Crippen LogP contribution in [-0.4, -0.2) is 60.0 Å². The predicted molar refractivity (Wildman–Crippen MR) is 52.2 cm³/mol. The van der Waals surface area contributed by atoms with Gasteiger partial charge in [0, 0.05) is 32.2 Å². The molecule has 2 rings (SSSR count). The third-order valence-corrected chi connectivity index (χ3v) is 3.29. The van der Waals surface area contributed by atoms with Crippen LogP contribution in [0, 0.1) is 0 Å². The van der Waals surface area contributed by atoms with Crippen molar-refractivity contribution in [1.29, 1.82) is 0 Å². The van der Waals surface area contributed by atoms with Gasteiger partial charge >= 0.3 is 18.0 Å². The molecule has 8 heteroatoms. The standard InChI is InChI=1S/C10H13F5N2O/c11-9(12,10(13,14)15)8(18)17-5-3-16(4-6-17)7-1-2-7/h7H,1-6H2. The summed E-state index contributed by atoms with van der Waals surface area (Å²) in [5, 5.41) is 0. The lowest BCUT2D eigenvalue weighted by Crippen LogP contribution is -2.57. The van der Waals surface area contributed by atoms with E-state index in [1.54, 1.807) is 0 Å². The van der Waals surface area contributed by atoms with Gasteiger partial charge in [0.05, 0.1) is 0 Å². The Kier molecular flexibility index (Phi) is 3.25. The van der Waals surface area contributed by atoms with Crippen molar-refractivity contribution in [2.75, 3.05) is 26.2 Å². The normalized spacial score (nSPS) is 23.3. The van der Waals surface area contributed by atoms with E-state index in [2.05, 4.69) is 0 Å². The van der Waals surface area contributed by atoms with Crippen LogP contribution in [0.5, 0.6) is 0 Å². The van der Waals surface area contributed by atoms with E-state index >= 15 is 0 Å². The highest BCUT2D eigenvalue weighted by Gasteiger charge is 2.64. The van der Waals surface area contributed by atoms with Crippen molar-refractivity contribution in [3.05, 3.63) is 0 Å². The summed E-state index contributed by atoms with van der Waals surface area (Å²) >= 11 is 0. The first-order chi connectivity index (χ1) is 8.23. The van der Waals surface area contributed by atoms with E-state index in [4.69, 9.17) is 0 Å². The Morgan fingerprint density at radius 3 is 1.83 bits per heavy atom. The predicted octanol–water partition coefficient (Wildman–Crippen LogP) is 1.49. The number of amides is 1. The number of rotatable bonds is 2. The van der Waals surface area contributed by atoms with Crippen LogP contribution in [-0.2, 0) is 4.79 Å². The molecule has 0 bridgehead atoms. The maximum atomic E-state index is 12.8. The Hall–Kier alpha value is -0.920. The van der Waals surface area contributed by atoms with Gasteiger partial charge < -0.3 is 4.90 Å². The van der Waals surface area contributed by atoms with Crippen molar-refractivity contribution in [2.24, 2.45) is 0 Å². The molecule has 0 unspecified atom stereocenters. The number of piperazine rings is 1. The van der Waals surface area contributed by atoms with Crippen molar-refractivity contribution in [2.45, 2.75) is 31.0 Å². The van der Waals surface area contributed by atoms with Crippen LogP contribution in [0.15, 0.2) is 0 Å². The van der Waals surface area contributed by atoms with E-state index < -0.39 is 18.0 Å². The molecule has 1 amide bonds. The summed E-state index contributed by atoms with van der Waals surface area (Å²) in [5.41, 5.74) is 0. The second-order valence-electron chi connectivity index (χ2n) is 4.63. The second kappa shape index (κ2) is 4.32. The number of hydrogen-bond acceptors (Lipinski definition) is 2. The van der Waals surface area contributed by atoms with E-state index in [0.29, 0.717) is 24.0 Å². The summed E-state index contributed by atoms with van der Waals surface area (Å²) in [5.74, 6) is -7.42. The molecule has 0 N–H and O–H groups in total. The molecule has 0 radical (unpaired) electrons. The number of alkyl halides is 5. The Labute approximate surface area is 101 Å². The van der Waals surface area contributed by atoms with Crippen molar-refractivity contribution in [3.63, 3.8) is 0 Å². The average molecular weight is 272 g/mol. The van der Waals surface area contributed by atoms with E-state index in [1.807, 2.05) is 4.90 Å². The first-order valence-electron chi connectivity index (χ1n) is 5.71. The minimum absolute atomic E-state index is 0.0684. The largest absolute Gasteiger partial charge is 0.463 e. The zero-order valence-corrected chi connectivity index (χ0v) is 9.51. The van der Waals surface area contributed by atoms with Crippen LogP contribution in [0.3, 0.4) is 0 Å². The van der Waals surface area contributed by atoms with Crippen LogP contribution >= 0.6 is 0 Å². The molecule has 1 saturated carbocycles. The highest BCUT2D eigenvalue weighted by molar-refractivity contribution is 5.84. The maximum absolute atomic E-state index is 12.8. The maximum Gasteiger partial charge on any atom is 0.463 e. The molecule has 2 fully saturated rings. The quantitative estimate of drug-likeness (QED) is 0.711. The molecule has 0 aromatic carbocycles. The Bertz CT molecular complexity index is 332. The highest BCUT2D eigenvalue weighted by atomic mass is 19.4. The fraction of sp³-hybridized carbons (Fsp3) is 0.900. The molecule has 2 aliphatic rings. The van der Waals surface area contributed by atoms with Crippen molar-refractivity contribution >= 4 is 5.91 Å². The highest BCUT2D eigenvalue weighted by Crippen LogP contribution is 2.37. The van der Waals surface area contributed by atoms with Gasteiger partial charge in [-0.15, -0.1) is 0 Å². The summed E-state index contributed by atoms with van der Waals surface area (Å²) in [4.78, 5) is 13.8. The molecule has 0 atom stereocenters. The van der Waals surface area contributed by atoms with Crippen LogP contribution in [0.25, 0.3) is 0 Å². The number of carbonyl (C=O) groups is 1. The van der Waals surface area contributed by atoms with Gasteiger partial charge in [-0.25, -0.2) is 0 Å². The molecule has 1 saturated heterocycles. The van der Waals surface area contributed by atoms with Crippen molar-refractivity contribution in [1.82, 2.24) is 9.80 Å². The topological polar surface area (TPSA) is 23.6 Å². The SMILES string of the molecule is O=C(N1CCN(C2CC2)CC1)C(F)(F)C(F)(F)F. The van der Waals surface area contributed by atoms with Gasteiger partial charge in [0.25, 0.3) is 0 Å². The van der Waals surface area contributed by atoms with E-state index in [1.165, 1.54) is 0 Å². The second-order valence-corrected chi connectivity index (χ2v) is 4.63. The summed E-state index contributed by atoms with van der Waals surface area (Å²) in [7, 11) is 0. The zero-order valence-electron chi connectivity index (χ0n) is 9.51. The van der Waals surface area contributed by atoms with Crippen LogP contribution < -0.4 is 0 Å². The van der Waals surface area contributed by atoms with Crippen molar-refractivity contribution < 1.29 is 26.7 Å². The van der Waals surface area contributed by atoms with E-state index in [-0.39, 0.29) is 13.1 Å². The van der Waals surface area contributed by atoms with Crippen molar-refractivity contribution in [3.8, 4) is 0 Å². The monoisotopic (exact) mass is 272 g/mol. The molecule has 1 aliphatic heterocycles. The van der Waals surface area contributed by atoms with E-state index in [0.717, 1.165) is 12.8 Å². The molecular formula is C10H13F5N2O. The molecule has 1 aliphatic carbocycles. The summed E-state index contributed by atoms with van der Waals surface area (Å²) in [6.45, 7) is 0.594. The first-order valence-corrected chi connectivity index (χ1v) is 5.71. The Balaban J connectivity index is 1.94. The minimum atomic E-state index is -5.82. The lowest BCUT2D eigenvalue weighted by atomic mass is 10.2. The minimum Gasteiger partial charge on any atom is -0.335 e. The van der Waals surface area contributed by atoms with Crippen LogP contribution in [0.4, 0.5) is 22.0 Å². The summed E-state index contributed by atoms with van der Waals surface area (Å²) in [6, 6.07) is 0.422. The molecule has 18 heavy (non-hydrogen) atoms. The smallest absolute Gasteiger partial charge is 0.335 e. The van der Waals surface area contributed by atoms with Crippen LogP contribution in [0.2, 0.25) is 0 Å². The lowest BCUT2D eigenvalue weighted by Gasteiger charge is -2.36. The van der Waals surface area contributed by atoms with Gasteiger partial charge in [0.2, 0.25) is 0 Å². The summed E-state index contributed by atoms with van der Waals surface area (Å²) in [6.07, 6.45) is -3.75. The van der Waals surface area contributed by atoms with Gasteiger partial charge in [-0.05, 0) is 12.8 Å². The lowest BCUT2D eigenvalue weighted by molar-refractivity contribution is -0.274. The van der Waals surface area contributed by atoms with Gasteiger partial charge in [0.15, 0.2) is 0 Å². The molecular weight excluding hydrogens is 259 g/mol. The Morgan fingerprint density at radius 2 is 1.44 bits per heavy atom. The number of halogens is 5. The fourth-order valence-electron chi connectivity index (χ4n) is 2.05. The third-order valence-electron chi connectivity index (χ3n) is 3.29. The molecule has 1 heterocycles. The molecule has 3 nitrogen and oxygen atoms in total. The molecule has 0 aromatic heterocycles. The average Bonchev–Trinajstić information content (AvgIpc) is 3.10. The van der Waals surface area contributed by atoms with Gasteiger partial charge in [-0.2, -0.15) is 22.0 Å². The van der Waals surface area contributed by atoms with Gasteiger partial charge in [-0.3, -0.25) is 9.69 Å². The molecule has 104 valence electrons. The van der Waals surface area contributed by atoms with Crippen LogP contribution in [0.1, 0.15) is 12.8 Å². The molecule has 0 aromatic rings. The summed E-state index contributed by atoms with van der Waals surface area (Å²) < 4.78 is 61.8.